The van der Waals surface area contributed by atoms with Gasteiger partial charge in [-0.15, -0.1) is 0 Å². The fourth-order valence-corrected chi connectivity index (χ4v) is 11.6. The molecule has 484 valence electrons. The maximum Gasteiger partial charge on any atom is 0.306 e. The highest BCUT2D eigenvalue weighted by Crippen LogP contribution is 2.19. The summed E-state index contributed by atoms with van der Waals surface area (Å²) in [4.78, 5) is 38.2. The predicted octanol–water partition coefficient (Wildman–Crippen LogP) is 25.7. The van der Waals surface area contributed by atoms with Crippen LogP contribution in [0.5, 0.6) is 0 Å². The second kappa shape index (κ2) is 71.4. The molecule has 1 unspecified atom stereocenters. The van der Waals surface area contributed by atoms with Gasteiger partial charge >= 0.3 is 17.9 Å². The van der Waals surface area contributed by atoms with Crippen molar-refractivity contribution in [1.29, 1.82) is 0 Å². The van der Waals surface area contributed by atoms with E-state index in [1.54, 1.807) is 0 Å². The molecule has 0 aliphatic carbocycles. The summed E-state index contributed by atoms with van der Waals surface area (Å²) in [5.74, 6) is -0.846. The van der Waals surface area contributed by atoms with E-state index in [0.29, 0.717) is 19.3 Å². The third-order valence-electron chi connectivity index (χ3n) is 17.2. The van der Waals surface area contributed by atoms with Crippen molar-refractivity contribution < 1.29 is 28.6 Å². The van der Waals surface area contributed by atoms with Crippen LogP contribution in [0, 0.1) is 0 Å². The van der Waals surface area contributed by atoms with Crippen LogP contribution in [0.25, 0.3) is 0 Å². The standard InChI is InChI=1S/C76H144O6/c1-4-7-10-13-16-18-20-22-24-26-28-30-32-33-34-35-36-37-38-39-40-41-42-44-45-47-49-51-53-55-57-60-63-66-69-75(78)81-72-73(71-80-74(77)68-65-62-59-15-12-9-6-3)82-76(79)70-67-64-61-58-56-54-52-50-48-46-43-31-29-27-25-23-21-19-17-14-11-8-5-2/h21,23,27,29,73H,4-20,22,24-26,28,30-72H2,1-3H3/b23-21-,29-27-. The highest BCUT2D eigenvalue weighted by atomic mass is 16.6. The number of carbonyl (C=O) groups excluding carboxylic acids is 3. The summed E-state index contributed by atoms with van der Waals surface area (Å²) in [5.41, 5.74) is 0. The van der Waals surface area contributed by atoms with Crippen molar-refractivity contribution in [3.05, 3.63) is 24.3 Å². The summed E-state index contributed by atoms with van der Waals surface area (Å²) < 4.78 is 16.9. The molecule has 0 N–H and O–H groups in total. The summed E-state index contributed by atoms with van der Waals surface area (Å²) in [6.07, 6.45) is 88.4. The van der Waals surface area contributed by atoms with E-state index in [9.17, 15) is 14.4 Å². The summed E-state index contributed by atoms with van der Waals surface area (Å²) in [6, 6.07) is 0. The van der Waals surface area contributed by atoms with E-state index in [4.69, 9.17) is 14.2 Å². The van der Waals surface area contributed by atoms with Crippen LogP contribution in [0.2, 0.25) is 0 Å². The lowest BCUT2D eigenvalue weighted by Gasteiger charge is -2.18. The molecule has 0 bridgehead atoms. The lowest BCUT2D eigenvalue weighted by atomic mass is 10.0. The molecule has 0 saturated heterocycles. The zero-order chi connectivity index (χ0) is 59.2. The van der Waals surface area contributed by atoms with E-state index in [1.807, 2.05) is 0 Å². The molecule has 0 fully saturated rings. The Bertz CT molecular complexity index is 1320. The van der Waals surface area contributed by atoms with E-state index in [-0.39, 0.29) is 31.1 Å². The monoisotopic (exact) mass is 1150 g/mol. The van der Waals surface area contributed by atoms with Gasteiger partial charge in [-0.3, -0.25) is 14.4 Å². The fourth-order valence-electron chi connectivity index (χ4n) is 11.6. The zero-order valence-electron chi connectivity index (χ0n) is 55.8. The maximum atomic E-state index is 12.9. The molecule has 0 heterocycles. The summed E-state index contributed by atoms with van der Waals surface area (Å²) in [7, 11) is 0. The van der Waals surface area contributed by atoms with Crippen molar-refractivity contribution >= 4 is 17.9 Å². The van der Waals surface area contributed by atoms with E-state index < -0.39 is 6.10 Å². The van der Waals surface area contributed by atoms with Gasteiger partial charge in [0.25, 0.3) is 0 Å². The molecule has 0 aromatic rings. The molecule has 0 aromatic heterocycles. The molecule has 0 aromatic carbocycles. The van der Waals surface area contributed by atoms with Crippen LogP contribution in [-0.2, 0) is 28.6 Å². The third-order valence-corrected chi connectivity index (χ3v) is 17.2. The molecule has 1 atom stereocenters. The Balaban J connectivity index is 3.94. The topological polar surface area (TPSA) is 78.9 Å². The molecule has 0 radical (unpaired) electrons. The van der Waals surface area contributed by atoms with E-state index in [0.717, 1.165) is 64.2 Å². The Labute approximate surface area is 513 Å². The molecule has 6 heteroatoms. The molecule has 0 amide bonds. The molecule has 0 saturated carbocycles. The number of esters is 3. The summed E-state index contributed by atoms with van der Waals surface area (Å²) >= 11 is 0. The average Bonchev–Trinajstić information content (AvgIpc) is 3.48. The minimum absolute atomic E-state index is 0.0663. The first-order chi connectivity index (χ1) is 40.5. The number of rotatable bonds is 70. The van der Waals surface area contributed by atoms with Crippen LogP contribution >= 0.6 is 0 Å². The minimum Gasteiger partial charge on any atom is -0.462 e. The van der Waals surface area contributed by atoms with E-state index >= 15 is 0 Å². The Morgan fingerprint density at radius 2 is 0.439 bits per heavy atom. The van der Waals surface area contributed by atoms with Crippen molar-refractivity contribution in [3.8, 4) is 0 Å². The average molecular weight is 1150 g/mol. The van der Waals surface area contributed by atoms with Gasteiger partial charge in [0.2, 0.25) is 0 Å². The minimum atomic E-state index is -0.768. The van der Waals surface area contributed by atoms with Gasteiger partial charge in [-0.05, 0) is 51.4 Å². The third kappa shape index (κ3) is 68.7. The molecule has 82 heavy (non-hydrogen) atoms. The van der Waals surface area contributed by atoms with Crippen molar-refractivity contribution in [2.24, 2.45) is 0 Å². The highest BCUT2D eigenvalue weighted by molar-refractivity contribution is 5.71. The molecule has 6 nitrogen and oxygen atoms in total. The number of hydrogen-bond donors (Lipinski definition) is 0. The van der Waals surface area contributed by atoms with Gasteiger partial charge in [-0.2, -0.15) is 0 Å². The first-order valence-corrected chi connectivity index (χ1v) is 37.3. The van der Waals surface area contributed by atoms with Crippen LogP contribution < -0.4 is 0 Å². The van der Waals surface area contributed by atoms with Gasteiger partial charge in [0.15, 0.2) is 6.10 Å². The summed E-state index contributed by atoms with van der Waals surface area (Å²) in [6.45, 7) is 6.66. The van der Waals surface area contributed by atoms with Crippen molar-refractivity contribution in [2.45, 2.75) is 431 Å². The van der Waals surface area contributed by atoms with Crippen molar-refractivity contribution in [1.82, 2.24) is 0 Å². The number of ether oxygens (including phenoxy) is 3. The smallest absolute Gasteiger partial charge is 0.306 e. The second-order valence-corrected chi connectivity index (χ2v) is 25.6. The summed E-state index contributed by atoms with van der Waals surface area (Å²) in [5, 5.41) is 0. The van der Waals surface area contributed by atoms with Crippen LogP contribution in [0.1, 0.15) is 425 Å². The Hall–Kier alpha value is -2.11. The predicted molar refractivity (Wildman–Crippen MR) is 358 cm³/mol. The van der Waals surface area contributed by atoms with Gasteiger partial charge in [-0.1, -0.05) is 379 Å². The lowest BCUT2D eigenvalue weighted by molar-refractivity contribution is -0.167. The SMILES string of the molecule is CCCCCCC/C=C\C/C=C\CCCCCCCCCCCCCC(=O)OC(COC(=O)CCCCCCCCC)COC(=O)CCCCCCCCCCCCCCCCCCCCCCCCCCCCCCCCCCCC. The quantitative estimate of drug-likeness (QED) is 0.0261. The molecule has 0 aliphatic heterocycles. The number of allylic oxidation sites excluding steroid dienone is 4. The van der Waals surface area contributed by atoms with Gasteiger partial charge in [0.1, 0.15) is 13.2 Å². The zero-order valence-corrected chi connectivity index (χ0v) is 55.8. The molecule has 0 rings (SSSR count). The fraction of sp³-hybridized carbons (Fsp3) is 0.908. The van der Waals surface area contributed by atoms with Crippen molar-refractivity contribution in [3.63, 3.8) is 0 Å². The first kappa shape index (κ1) is 79.9. The Kier molecular flexibility index (Phi) is 69.5. The van der Waals surface area contributed by atoms with Gasteiger partial charge in [0, 0.05) is 19.3 Å². The van der Waals surface area contributed by atoms with Crippen LogP contribution in [-0.4, -0.2) is 37.2 Å². The number of unbranched alkanes of at least 4 members (excludes halogenated alkanes) is 55. The molecule has 0 aliphatic rings. The van der Waals surface area contributed by atoms with E-state index in [2.05, 4.69) is 45.1 Å². The van der Waals surface area contributed by atoms with E-state index in [1.165, 1.54) is 321 Å². The Morgan fingerprint density at radius 1 is 0.244 bits per heavy atom. The largest absolute Gasteiger partial charge is 0.462 e. The highest BCUT2D eigenvalue weighted by Gasteiger charge is 2.20. The van der Waals surface area contributed by atoms with Gasteiger partial charge in [-0.25, -0.2) is 0 Å². The van der Waals surface area contributed by atoms with Crippen molar-refractivity contribution in [2.75, 3.05) is 13.2 Å². The van der Waals surface area contributed by atoms with Crippen LogP contribution in [0.3, 0.4) is 0 Å². The normalized spacial score (nSPS) is 12.1. The first-order valence-electron chi connectivity index (χ1n) is 37.3. The molecular weight excluding hydrogens is 1010 g/mol. The lowest BCUT2D eigenvalue weighted by Crippen LogP contribution is -2.30. The maximum absolute atomic E-state index is 12.9. The van der Waals surface area contributed by atoms with Crippen LogP contribution in [0.4, 0.5) is 0 Å². The van der Waals surface area contributed by atoms with Crippen LogP contribution in [0.15, 0.2) is 24.3 Å². The van der Waals surface area contributed by atoms with Gasteiger partial charge < -0.3 is 14.2 Å². The number of carbonyl (C=O) groups is 3. The molecular formula is C76H144O6. The number of hydrogen-bond acceptors (Lipinski definition) is 6. The Morgan fingerprint density at radius 3 is 0.671 bits per heavy atom. The second-order valence-electron chi connectivity index (χ2n) is 25.6. The molecule has 0 spiro atoms. The van der Waals surface area contributed by atoms with Gasteiger partial charge in [0.05, 0.1) is 0 Å².